The molecular formula is C27H32ClN5O5S. The number of rotatable bonds is 9. The maximum Gasteiger partial charge on any atom is 0.266 e. The second kappa shape index (κ2) is 11.2. The van der Waals surface area contributed by atoms with Crippen LogP contribution in [0.15, 0.2) is 47.4 Å². The summed E-state index contributed by atoms with van der Waals surface area (Å²) in [6.07, 6.45) is 3.45. The molecule has 12 heteroatoms. The highest BCUT2D eigenvalue weighted by molar-refractivity contribution is 7.98. The lowest BCUT2D eigenvalue weighted by atomic mass is 9.99. The van der Waals surface area contributed by atoms with Gasteiger partial charge in [-0.1, -0.05) is 42.6 Å². The van der Waals surface area contributed by atoms with Gasteiger partial charge in [0.05, 0.1) is 22.7 Å². The van der Waals surface area contributed by atoms with Crippen LogP contribution in [0.2, 0.25) is 5.02 Å². The molecule has 2 unspecified atom stereocenters. The lowest BCUT2D eigenvalue weighted by Gasteiger charge is -2.33. The second-order valence-corrected chi connectivity index (χ2v) is 12.7. The van der Waals surface area contributed by atoms with Crippen LogP contribution < -0.4 is 21.5 Å². The van der Waals surface area contributed by atoms with Crippen LogP contribution in [-0.4, -0.2) is 69.1 Å². The van der Waals surface area contributed by atoms with Crippen LogP contribution in [0.1, 0.15) is 36.2 Å². The van der Waals surface area contributed by atoms with E-state index in [-0.39, 0.29) is 42.4 Å². The van der Waals surface area contributed by atoms with Crippen molar-refractivity contribution in [3.8, 4) is 5.75 Å². The minimum Gasteiger partial charge on any atom is -0.491 e. The molecule has 208 valence electrons. The maximum atomic E-state index is 14.5. The van der Waals surface area contributed by atoms with Gasteiger partial charge in [0, 0.05) is 35.6 Å². The number of H-pyrrole nitrogens is 1. The fourth-order valence-electron chi connectivity index (χ4n) is 5.32. The first-order chi connectivity index (χ1) is 18.7. The molecule has 2 fully saturated rings. The number of aromatic amines is 1. The van der Waals surface area contributed by atoms with Crippen molar-refractivity contribution < 1.29 is 23.3 Å². The smallest absolute Gasteiger partial charge is 0.266 e. The summed E-state index contributed by atoms with van der Waals surface area (Å²) in [4.78, 5) is 28.0. The highest BCUT2D eigenvalue weighted by atomic mass is 35.5. The number of morpholine rings is 1. The van der Waals surface area contributed by atoms with Gasteiger partial charge < -0.3 is 31.2 Å². The van der Waals surface area contributed by atoms with Crippen LogP contribution in [0.3, 0.4) is 0 Å². The Morgan fingerprint density at radius 1 is 1.28 bits per heavy atom. The number of aromatic nitrogens is 1. The minimum absolute atomic E-state index is 0.0292. The average molecular weight is 574 g/mol. The van der Waals surface area contributed by atoms with E-state index in [1.807, 2.05) is 30.3 Å². The molecular weight excluding hydrogens is 542 g/mol. The van der Waals surface area contributed by atoms with Crippen molar-refractivity contribution in [3.63, 3.8) is 0 Å². The van der Waals surface area contributed by atoms with Gasteiger partial charge in [-0.25, -0.2) is 13.3 Å². The number of amides is 1. The summed E-state index contributed by atoms with van der Waals surface area (Å²) in [5.41, 5.74) is 12.8. The van der Waals surface area contributed by atoms with E-state index in [2.05, 4.69) is 10.3 Å². The van der Waals surface area contributed by atoms with Crippen molar-refractivity contribution in [2.75, 3.05) is 38.2 Å². The minimum atomic E-state index is -3.71. The topological polar surface area (TPSA) is 153 Å². The molecule has 0 spiro atoms. The van der Waals surface area contributed by atoms with Gasteiger partial charge >= 0.3 is 0 Å². The number of anilines is 1. The number of hydrogen-bond acceptors (Lipinski definition) is 7. The largest absolute Gasteiger partial charge is 0.491 e. The predicted octanol–water partition coefficient (Wildman–Crippen LogP) is 3.01. The van der Waals surface area contributed by atoms with E-state index < -0.39 is 21.7 Å². The van der Waals surface area contributed by atoms with E-state index in [4.69, 9.17) is 32.5 Å². The Bertz CT molecular complexity index is 1510. The first kappa shape index (κ1) is 27.5. The van der Waals surface area contributed by atoms with E-state index >= 15 is 0 Å². The van der Waals surface area contributed by atoms with E-state index in [9.17, 15) is 13.8 Å². The number of nitrogens with zero attached hydrogens (tertiary/aromatic N) is 1. The highest BCUT2D eigenvalue weighted by Gasteiger charge is 2.35. The zero-order valence-electron chi connectivity index (χ0n) is 21.4. The lowest BCUT2D eigenvalue weighted by Crippen LogP contribution is -2.48. The number of ether oxygens (including phenoxy) is 2. The normalized spacial score (nSPS) is 20.8. The third-order valence-electron chi connectivity index (χ3n) is 7.34. The van der Waals surface area contributed by atoms with Gasteiger partial charge in [-0.15, -0.1) is 0 Å². The Kier molecular flexibility index (Phi) is 7.91. The molecule has 1 amide bonds. The van der Waals surface area contributed by atoms with Crippen LogP contribution in [-0.2, 0) is 19.2 Å². The molecule has 2 aromatic carbocycles. The van der Waals surface area contributed by atoms with Crippen molar-refractivity contribution in [1.82, 2.24) is 9.29 Å². The van der Waals surface area contributed by atoms with Gasteiger partial charge in [0.1, 0.15) is 33.9 Å². The maximum absolute atomic E-state index is 14.5. The van der Waals surface area contributed by atoms with Crippen molar-refractivity contribution in [3.05, 3.63) is 53.2 Å². The number of carbonyl (C=O) groups excluding carboxylic acids is 2. The quantitative estimate of drug-likeness (QED) is 0.287. The van der Waals surface area contributed by atoms with Crippen molar-refractivity contribution in [1.29, 1.82) is 0 Å². The monoisotopic (exact) mass is 573 g/mol. The Labute approximate surface area is 232 Å². The van der Waals surface area contributed by atoms with Crippen molar-refractivity contribution in [2.24, 2.45) is 11.5 Å². The number of para-hydroxylation sites is 1. The summed E-state index contributed by atoms with van der Waals surface area (Å²) in [7, 11) is -3.71. The van der Waals surface area contributed by atoms with Crippen molar-refractivity contribution in [2.45, 2.75) is 42.2 Å². The van der Waals surface area contributed by atoms with Gasteiger partial charge in [0.15, 0.2) is 0 Å². The Balaban J connectivity index is 1.49. The number of primary amides is 1. The summed E-state index contributed by atoms with van der Waals surface area (Å²) in [6, 6.07) is 12.5. The van der Waals surface area contributed by atoms with Crippen LogP contribution in [0.4, 0.5) is 5.69 Å². The van der Waals surface area contributed by atoms with E-state index in [1.54, 1.807) is 17.4 Å². The molecule has 5 rings (SSSR count). The second-order valence-electron chi connectivity index (χ2n) is 10.1. The number of nitrogens with one attached hydrogen (secondary N) is 2. The summed E-state index contributed by atoms with van der Waals surface area (Å²) in [6.45, 7) is 1.19. The zero-order chi connectivity index (χ0) is 27.6. The molecule has 2 heterocycles. The Morgan fingerprint density at radius 3 is 2.72 bits per heavy atom. The van der Waals surface area contributed by atoms with Crippen LogP contribution in [0.5, 0.6) is 5.75 Å². The molecule has 1 aromatic heterocycles. The molecule has 2 atom stereocenters. The first-order valence-corrected chi connectivity index (χ1v) is 14.8. The van der Waals surface area contributed by atoms with E-state index in [0.717, 1.165) is 25.7 Å². The summed E-state index contributed by atoms with van der Waals surface area (Å²) in [5.74, 6) is -0.186. The standard InChI is InChI=1S/C27H32ClN5O5S/c28-18-12-21-23(22(13-18)31-16-27(30)8-4-5-9-27)32-24(26(29)35)25(21)39(36,17-34)33-10-11-37-20(14-33)15-38-19-6-2-1-3-7-19/h1-3,6-7,12-13,20,31-32H,4-5,8-11,14-16,30H2,(H2,29,35). The Hall–Kier alpha value is -3.05. The molecule has 0 radical (unpaired) electrons. The molecule has 1 aliphatic carbocycles. The molecule has 0 bridgehead atoms. The van der Waals surface area contributed by atoms with Crippen LogP contribution in [0, 0.1) is 0 Å². The summed E-state index contributed by atoms with van der Waals surface area (Å²) < 4.78 is 27.6. The lowest BCUT2D eigenvalue weighted by molar-refractivity contribution is -0.0239. The SMILES string of the molecule is NC(=O)c1[nH]c2c(NCC3(N)CCCC3)cc(Cl)cc2c1S(=O)(=C=O)N1CCOC(COc2ccccc2)C1. The van der Waals surface area contributed by atoms with E-state index in [0.29, 0.717) is 33.9 Å². The van der Waals surface area contributed by atoms with Crippen molar-refractivity contribution >= 4 is 49.0 Å². The molecule has 3 aromatic rings. The van der Waals surface area contributed by atoms with Crippen LogP contribution >= 0.6 is 11.6 Å². The number of hydrogen-bond donors (Lipinski definition) is 4. The third kappa shape index (κ3) is 5.65. The molecule has 10 nitrogen and oxygen atoms in total. The van der Waals surface area contributed by atoms with E-state index in [1.165, 1.54) is 4.31 Å². The number of carbonyl (C=O) groups is 1. The number of halogens is 1. The summed E-state index contributed by atoms with van der Waals surface area (Å²) in [5, 5.41) is 5.79. The van der Waals surface area contributed by atoms with Gasteiger partial charge in [-0.2, -0.15) is 0 Å². The molecule has 2 aliphatic rings. The number of fused-ring (bicyclic) bond motifs is 1. The fraction of sp³-hybridized carbons (Fsp3) is 0.407. The molecule has 39 heavy (non-hydrogen) atoms. The van der Waals surface area contributed by atoms with Gasteiger partial charge in [-0.3, -0.25) is 4.79 Å². The highest BCUT2D eigenvalue weighted by Crippen LogP contribution is 2.37. The molecule has 1 aliphatic heterocycles. The van der Waals surface area contributed by atoms with Gasteiger partial charge in [0.25, 0.3) is 5.91 Å². The number of benzene rings is 2. The first-order valence-electron chi connectivity index (χ1n) is 12.9. The number of nitrogens with two attached hydrogens (primary N) is 2. The predicted molar refractivity (Wildman–Crippen MR) is 151 cm³/mol. The van der Waals surface area contributed by atoms with Gasteiger partial charge in [-0.05, 0) is 37.1 Å². The molecule has 1 saturated carbocycles. The Morgan fingerprint density at radius 2 is 2.03 bits per heavy atom. The van der Waals surface area contributed by atoms with Gasteiger partial charge in [0.2, 0.25) is 5.23 Å². The fourth-order valence-corrected chi connectivity index (χ4v) is 7.58. The third-order valence-corrected chi connectivity index (χ3v) is 9.82. The summed E-state index contributed by atoms with van der Waals surface area (Å²) >= 11 is 6.47. The van der Waals surface area contributed by atoms with Crippen LogP contribution in [0.25, 0.3) is 10.9 Å². The zero-order valence-corrected chi connectivity index (χ0v) is 23.0. The molecule has 1 saturated heterocycles. The molecule has 6 N–H and O–H groups in total. The average Bonchev–Trinajstić information content (AvgIpc) is 3.55.